The third-order valence-corrected chi connectivity index (χ3v) is 2.63. The van der Waals surface area contributed by atoms with Gasteiger partial charge in [0.15, 0.2) is 0 Å². The van der Waals surface area contributed by atoms with Gasteiger partial charge in [-0.1, -0.05) is 33.6 Å². The Morgan fingerprint density at radius 3 is 1.89 bits per heavy atom. The first-order valence-electron chi connectivity index (χ1n) is 6.58. The van der Waals surface area contributed by atoms with Gasteiger partial charge in [0, 0.05) is 6.42 Å². The molecular formula is C14H28O4. The maximum Gasteiger partial charge on any atom is 0.309 e. The smallest absolute Gasteiger partial charge is 0.309 e. The molecule has 0 radical (unpaired) electrons. The minimum Gasteiger partial charge on any atom is -0.481 e. The number of hydrogen-bond acceptors (Lipinski definition) is 2. The van der Waals surface area contributed by atoms with Gasteiger partial charge < -0.3 is 10.2 Å². The van der Waals surface area contributed by atoms with Gasteiger partial charge in [-0.3, -0.25) is 9.59 Å². The molecule has 0 aliphatic heterocycles. The molecule has 108 valence electrons. The van der Waals surface area contributed by atoms with Crippen molar-refractivity contribution in [2.24, 2.45) is 11.3 Å². The average Bonchev–Trinajstić information content (AvgIpc) is 2.16. The first-order chi connectivity index (χ1) is 8.13. The van der Waals surface area contributed by atoms with Crippen LogP contribution in [0.4, 0.5) is 0 Å². The predicted molar refractivity (Wildman–Crippen MR) is 72.6 cm³/mol. The molecule has 0 heterocycles. The Morgan fingerprint density at radius 1 is 1.17 bits per heavy atom. The average molecular weight is 260 g/mol. The fraction of sp³-hybridized carbons (Fsp3) is 0.857. The fourth-order valence-corrected chi connectivity index (χ4v) is 1.39. The Kier molecular flexibility index (Phi) is 10.6. The molecule has 0 bridgehead atoms. The maximum absolute atomic E-state index is 10.4. The SMILES string of the molecule is CC(C)CCCC(=O)O.CCCC(C)(C)C(=O)O. The van der Waals surface area contributed by atoms with E-state index in [2.05, 4.69) is 13.8 Å². The van der Waals surface area contributed by atoms with Gasteiger partial charge in [0.2, 0.25) is 0 Å². The largest absolute Gasteiger partial charge is 0.481 e. The predicted octanol–water partition coefficient (Wildman–Crippen LogP) is 3.79. The zero-order valence-electron chi connectivity index (χ0n) is 12.3. The van der Waals surface area contributed by atoms with Crippen LogP contribution in [0.15, 0.2) is 0 Å². The second-order valence-electron chi connectivity index (χ2n) is 5.62. The molecule has 0 rings (SSSR count). The van der Waals surface area contributed by atoms with E-state index in [-0.39, 0.29) is 0 Å². The molecule has 0 saturated carbocycles. The van der Waals surface area contributed by atoms with Gasteiger partial charge in [0.05, 0.1) is 5.41 Å². The van der Waals surface area contributed by atoms with Crippen LogP contribution in [0.3, 0.4) is 0 Å². The molecule has 0 aliphatic rings. The summed E-state index contributed by atoms with van der Waals surface area (Å²) in [7, 11) is 0. The second-order valence-corrected chi connectivity index (χ2v) is 5.62. The van der Waals surface area contributed by atoms with Crippen LogP contribution in [0.25, 0.3) is 0 Å². The van der Waals surface area contributed by atoms with Crippen LogP contribution in [0.2, 0.25) is 0 Å². The summed E-state index contributed by atoms with van der Waals surface area (Å²) in [6.07, 6.45) is 3.83. The lowest BCUT2D eigenvalue weighted by Gasteiger charge is -2.16. The van der Waals surface area contributed by atoms with Crippen molar-refractivity contribution in [2.45, 2.75) is 66.7 Å². The first kappa shape index (κ1) is 19.3. The highest BCUT2D eigenvalue weighted by Crippen LogP contribution is 2.21. The minimum absolute atomic E-state index is 0.318. The molecule has 0 aromatic heterocycles. The highest BCUT2D eigenvalue weighted by Gasteiger charge is 2.25. The van der Waals surface area contributed by atoms with E-state index in [0.717, 1.165) is 25.7 Å². The van der Waals surface area contributed by atoms with Crippen LogP contribution >= 0.6 is 0 Å². The normalized spacial score (nSPS) is 10.8. The van der Waals surface area contributed by atoms with Crippen LogP contribution in [0.5, 0.6) is 0 Å². The van der Waals surface area contributed by atoms with Crippen molar-refractivity contribution >= 4 is 11.9 Å². The van der Waals surface area contributed by atoms with Crippen molar-refractivity contribution in [1.82, 2.24) is 0 Å². The van der Waals surface area contributed by atoms with E-state index in [4.69, 9.17) is 10.2 Å². The minimum atomic E-state index is -0.704. The Balaban J connectivity index is 0. The van der Waals surface area contributed by atoms with E-state index < -0.39 is 17.4 Å². The molecule has 0 saturated heterocycles. The third-order valence-electron chi connectivity index (χ3n) is 2.63. The summed E-state index contributed by atoms with van der Waals surface area (Å²) in [5, 5.41) is 16.8. The van der Waals surface area contributed by atoms with E-state index in [1.165, 1.54) is 0 Å². The van der Waals surface area contributed by atoms with Crippen LogP contribution in [0, 0.1) is 11.3 Å². The van der Waals surface area contributed by atoms with Gasteiger partial charge in [-0.2, -0.15) is 0 Å². The molecule has 0 atom stereocenters. The highest BCUT2D eigenvalue weighted by molar-refractivity contribution is 5.73. The van der Waals surface area contributed by atoms with Crippen molar-refractivity contribution in [3.8, 4) is 0 Å². The first-order valence-corrected chi connectivity index (χ1v) is 6.58. The lowest BCUT2D eigenvalue weighted by molar-refractivity contribution is -0.147. The number of carbonyl (C=O) groups is 2. The standard InChI is InChI=1S/2C7H14O2/c1-6(2)4-3-5-7(8)9;1-4-5-7(2,3)6(8)9/h6H,3-5H2,1-2H3,(H,8,9);4-5H2,1-3H3,(H,8,9). The molecule has 0 aromatic carbocycles. The summed E-state index contributed by atoms with van der Waals surface area (Å²) < 4.78 is 0. The number of hydrogen-bond donors (Lipinski definition) is 2. The molecule has 0 spiro atoms. The molecule has 0 aliphatic carbocycles. The zero-order valence-corrected chi connectivity index (χ0v) is 12.3. The number of carboxylic acids is 2. The van der Waals surface area contributed by atoms with Crippen molar-refractivity contribution in [1.29, 1.82) is 0 Å². The molecule has 2 N–H and O–H groups in total. The Bertz CT molecular complexity index is 244. The monoisotopic (exact) mass is 260 g/mol. The summed E-state index contributed by atoms with van der Waals surface area (Å²) in [4.78, 5) is 20.4. The summed E-state index contributed by atoms with van der Waals surface area (Å²) >= 11 is 0. The van der Waals surface area contributed by atoms with Crippen molar-refractivity contribution in [2.75, 3.05) is 0 Å². The lowest BCUT2D eigenvalue weighted by atomic mass is 9.88. The summed E-state index contributed by atoms with van der Waals surface area (Å²) in [5.41, 5.74) is -0.533. The van der Waals surface area contributed by atoms with Crippen LogP contribution in [0.1, 0.15) is 66.7 Å². The summed E-state index contributed by atoms with van der Waals surface area (Å²) in [6, 6.07) is 0. The zero-order chi connectivity index (χ0) is 14.8. The van der Waals surface area contributed by atoms with Gasteiger partial charge >= 0.3 is 11.9 Å². The topological polar surface area (TPSA) is 74.6 Å². The molecule has 0 unspecified atom stereocenters. The Hall–Kier alpha value is -1.06. The van der Waals surface area contributed by atoms with E-state index in [1.54, 1.807) is 13.8 Å². The number of rotatable bonds is 7. The molecular weight excluding hydrogens is 232 g/mol. The maximum atomic E-state index is 10.4. The van der Waals surface area contributed by atoms with Gasteiger partial charge in [-0.25, -0.2) is 0 Å². The van der Waals surface area contributed by atoms with Gasteiger partial charge in [-0.05, 0) is 32.6 Å². The van der Waals surface area contributed by atoms with Crippen molar-refractivity contribution in [3.63, 3.8) is 0 Å². The quantitative estimate of drug-likeness (QED) is 0.730. The third kappa shape index (κ3) is 13.0. The summed E-state index contributed by atoms with van der Waals surface area (Å²) in [6.45, 7) is 9.69. The Labute approximate surface area is 110 Å². The Morgan fingerprint density at radius 2 is 1.67 bits per heavy atom. The highest BCUT2D eigenvalue weighted by atomic mass is 16.4. The van der Waals surface area contributed by atoms with Gasteiger partial charge in [0.1, 0.15) is 0 Å². The van der Waals surface area contributed by atoms with Crippen molar-refractivity contribution < 1.29 is 19.8 Å². The number of aliphatic carboxylic acids is 2. The molecule has 4 heteroatoms. The second kappa shape index (κ2) is 9.92. The summed E-state index contributed by atoms with van der Waals surface area (Å²) in [5.74, 6) is -0.760. The fourth-order valence-electron chi connectivity index (χ4n) is 1.39. The molecule has 0 aromatic rings. The molecule has 0 fully saturated rings. The van der Waals surface area contributed by atoms with E-state index in [9.17, 15) is 9.59 Å². The van der Waals surface area contributed by atoms with E-state index in [1.807, 2.05) is 6.92 Å². The van der Waals surface area contributed by atoms with E-state index in [0.29, 0.717) is 12.3 Å². The molecule has 4 nitrogen and oxygen atoms in total. The van der Waals surface area contributed by atoms with Crippen LogP contribution in [-0.4, -0.2) is 22.2 Å². The number of carboxylic acid groups (broad SMARTS) is 2. The molecule has 0 amide bonds. The van der Waals surface area contributed by atoms with Gasteiger partial charge in [-0.15, -0.1) is 0 Å². The molecule has 18 heavy (non-hydrogen) atoms. The van der Waals surface area contributed by atoms with Crippen LogP contribution < -0.4 is 0 Å². The lowest BCUT2D eigenvalue weighted by Crippen LogP contribution is -2.22. The van der Waals surface area contributed by atoms with Crippen LogP contribution in [-0.2, 0) is 9.59 Å². The van der Waals surface area contributed by atoms with Crippen molar-refractivity contribution in [3.05, 3.63) is 0 Å². The van der Waals surface area contributed by atoms with E-state index >= 15 is 0 Å². The van der Waals surface area contributed by atoms with Gasteiger partial charge in [0.25, 0.3) is 0 Å².